The van der Waals surface area contributed by atoms with Gasteiger partial charge in [-0.25, -0.2) is 0 Å². The van der Waals surface area contributed by atoms with Crippen LogP contribution in [0, 0.1) is 6.92 Å². The minimum atomic E-state index is -0.310. The van der Waals surface area contributed by atoms with Gasteiger partial charge in [-0.15, -0.1) is 0 Å². The third-order valence-corrected chi connectivity index (χ3v) is 2.12. The highest BCUT2D eigenvalue weighted by molar-refractivity contribution is 6.22. The lowest BCUT2D eigenvalue weighted by Gasteiger charge is -2.00. The fourth-order valence-corrected chi connectivity index (χ4v) is 1.50. The van der Waals surface area contributed by atoms with E-state index >= 15 is 0 Å². The van der Waals surface area contributed by atoms with Crippen LogP contribution in [0.15, 0.2) is 18.2 Å². The van der Waals surface area contributed by atoms with E-state index in [2.05, 4.69) is 12.2 Å². The molecule has 0 bridgehead atoms. The minimum absolute atomic E-state index is 0.306. The van der Waals surface area contributed by atoms with Gasteiger partial charge in [-0.3, -0.25) is 14.9 Å². The van der Waals surface area contributed by atoms with Gasteiger partial charge < -0.3 is 0 Å². The molecule has 0 aliphatic carbocycles. The maximum absolute atomic E-state index is 11.3. The van der Waals surface area contributed by atoms with Crippen LogP contribution in [0.3, 0.4) is 0 Å². The average molecular weight is 174 g/mol. The van der Waals surface area contributed by atoms with Gasteiger partial charge in [0.1, 0.15) is 0 Å². The van der Waals surface area contributed by atoms with Crippen molar-refractivity contribution in [2.24, 2.45) is 0 Å². The van der Waals surface area contributed by atoms with Crippen LogP contribution < -0.4 is 5.32 Å². The molecule has 2 amide bonds. The molecule has 1 aliphatic heterocycles. The van der Waals surface area contributed by atoms with E-state index in [9.17, 15) is 9.59 Å². The molecule has 13 heavy (non-hydrogen) atoms. The molecule has 1 N–H and O–H groups in total. The van der Waals surface area contributed by atoms with Crippen LogP contribution in [0.5, 0.6) is 0 Å². The van der Waals surface area contributed by atoms with Crippen molar-refractivity contribution in [3.05, 3.63) is 41.8 Å². The summed E-state index contributed by atoms with van der Waals surface area (Å²) in [6, 6.07) is 5.22. The molecular weight excluding hydrogens is 166 g/mol. The van der Waals surface area contributed by atoms with Gasteiger partial charge >= 0.3 is 0 Å². The summed E-state index contributed by atoms with van der Waals surface area (Å²) in [5.41, 5.74) is 1.77. The first-order valence-electron chi connectivity index (χ1n) is 4.01. The van der Waals surface area contributed by atoms with Crippen LogP contribution in [0.4, 0.5) is 0 Å². The van der Waals surface area contributed by atoms with E-state index in [0.29, 0.717) is 17.5 Å². The first-order chi connectivity index (χ1) is 6.24. The molecule has 3 heteroatoms. The van der Waals surface area contributed by atoms with Crippen LogP contribution in [0.25, 0.3) is 0 Å². The maximum Gasteiger partial charge on any atom is 0.259 e. The number of benzene rings is 1. The Balaban J connectivity index is 2.69. The van der Waals surface area contributed by atoms with Gasteiger partial charge in [-0.05, 0) is 25.0 Å². The first kappa shape index (κ1) is 7.98. The molecule has 2 rings (SSSR count). The largest absolute Gasteiger partial charge is 0.288 e. The van der Waals surface area contributed by atoms with Crippen molar-refractivity contribution in [2.45, 2.75) is 6.42 Å². The van der Waals surface area contributed by atoms with Crippen molar-refractivity contribution in [1.82, 2.24) is 5.32 Å². The molecule has 0 saturated carbocycles. The molecule has 0 aromatic heterocycles. The Morgan fingerprint density at radius 1 is 1.23 bits per heavy atom. The Morgan fingerprint density at radius 2 is 2.00 bits per heavy atom. The number of fused-ring (bicyclic) bond motifs is 1. The third-order valence-electron chi connectivity index (χ3n) is 2.12. The number of hydrogen-bond acceptors (Lipinski definition) is 2. The second-order valence-corrected chi connectivity index (χ2v) is 2.87. The maximum atomic E-state index is 11.3. The molecule has 0 unspecified atom stereocenters. The lowest BCUT2D eigenvalue weighted by atomic mass is 10.0. The van der Waals surface area contributed by atoms with Crippen LogP contribution in [-0.2, 0) is 6.42 Å². The Morgan fingerprint density at radius 3 is 2.69 bits per heavy atom. The van der Waals surface area contributed by atoms with E-state index in [-0.39, 0.29) is 11.8 Å². The highest BCUT2D eigenvalue weighted by Crippen LogP contribution is 2.19. The Kier molecular flexibility index (Phi) is 1.65. The van der Waals surface area contributed by atoms with Crippen molar-refractivity contribution in [3.8, 4) is 0 Å². The molecule has 1 aromatic rings. The van der Waals surface area contributed by atoms with Gasteiger partial charge in [-0.2, -0.15) is 0 Å². The second-order valence-electron chi connectivity index (χ2n) is 2.87. The van der Waals surface area contributed by atoms with Crippen LogP contribution in [0.1, 0.15) is 26.3 Å². The van der Waals surface area contributed by atoms with E-state index in [1.165, 1.54) is 0 Å². The number of carbonyl (C=O) groups excluding carboxylic acids is 2. The Hall–Kier alpha value is -1.64. The SMILES string of the molecule is [CH2]Cc1cccc2c1C(=O)NC2=O. The summed E-state index contributed by atoms with van der Waals surface area (Å²) in [6.45, 7) is 3.70. The number of rotatable bonds is 1. The van der Waals surface area contributed by atoms with Crippen molar-refractivity contribution in [2.75, 3.05) is 0 Å². The molecule has 1 heterocycles. The predicted molar refractivity (Wildman–Crippen MR) is 47.3 cm³/mol. The summed E-state index contributed by atoms with van der Waals surface area (Å²) in [5.74, 6) is -0.616. The number of imide groups is 1. The molecule has 0 fully saturated rings. The normalized spacial score (nSPS) is 14.2. The fraction of sp³-hybridized carbons (Fsp3) is 0.100. The number of nitrogens with one attached hydrogen (secondary N) is 1. The van der Waals surface area contributed by atoms with E-state index in [0.717, 1.165) is 5.56 Å². The summed E-state index contributed by atoms with van der Waals surface area (Å²) in [5, 5.41) is 2.25. The summed E-state index contributed by atoms with van der Waals surface area (Å²) in [7, 11) is 0. The summed E-state index contributed by atoms with van der Waals surface area (Å²) in [4.78, 5) is 22.5. The van der Waals surface area contributed by atoms with Crippen molar-refractivity contribution in [1.29, 1.82) is 0 Å². The number of hydrogen-bond donors (Lipinski definition) is 1. The van der Waals surface area contributed by atoms with Gasteiger partial charge in [0.25, 0.3) is 11.8 Å². The number of carbonyl (C=O) groups is 2. The standard InChI is InChI=1S/C10H8NO2/c1-2-6-4-3-5-7-8(6)10(13)11-9(7)12/h3-5H,1-2H2,(H,11,12,13). The Bertz CT molecular complexity index is 396. The monoisotopic (exact) mass is 174 g/mol. The van der Waals surface area contributed by atoms with Crippen molar-refractivity contribution >= 4 is 11.8 Å². The van der Waals surface area contributed by atoms with Crippen molar-refractivity contribution < 1.29 is 9.59 Å². The highest BCUT2D eigenvalue weighted by Gasteiger charge is 2.28. The fourth-order valence-electron chi connectivity index (χ4n) is 1.50. The number of amides is 2. The van der Waals surface area contributed by atoms with Crippen LogP contribution in [0.2, 0.25) is 0 Å². The molecule has 1 aliphatic rings. The lowest BCUT2D eigenvalue weighted by Crippen LogP contribution is -2.20. The van der Waals surface area contributed by atoms with Crippen LogP contribution >= 0.6 is 0 Å². The first-order valence-corrected chi connectivity index (χ1v) is 4.01. The predicted octanol–water partition coefficient (Wildman–Crippen LogP) is 0.947. The summed E-state index contributed by atoms with van der Waals surface area (Å²) < 4.78 is 0. The Labute approximate surface area is 75.8 Å². The highest BCUT2D eigenvalue weighted by atomic mass is 16.2. The second kappa shape index (κ2) is 2.69. The molecule has 0 saturated heterocycles. The molecular formula is C10H8NO2. The zero-order valence-corrected chi connectivity index (χ0v) is 6.96. The van der Waals surface area contributed by atoms with E-state index in [4.69, 9.17) is 0 Å². The zero-order chi connectivity index (χ0) is 9.42. The van der Waals surface area contributed by atoms with E-state index in [1.807, 2.05) is 6.07 Å². The molecule has 1 radical (unpaired) electrons. The van der Waals surface area contributed by atoms with Gasteiger partial charge in [0.15, 0.2) is 0 Å². The van der Waals surface area contributed by atoms with E-state index in [1.54, 1.807) is 12.1 Å². The molecule has 0 spiro atoms. The van der Waals surface area contributed by atoms with Gasteiger partial charge in [0, 0.05) is 0 Å². The quantitative estimate of drug-likeness (QED) is 0.644. The molecule has 0 atom stereocenters. The molecule has 3 nitrogen and oxygen atoms in total. The van der Waals surface area contributed by atoms with Crippen molar-refractivity contribution in [3.63, 3.8) is 0 Å². The smallest absolute Gasteiger partial charge is 0.259 e. The average Bonchev–Trinajstić information content (AvgIpc) is 2.43. The lowest BCUT2D eigenvalue weighted by molar-refractivity contribution is 0.0879. The van der Waals surface area contributed by atoms with Gasteiger partial charge in [-0.1, -0.05) is 12.1 Å². The zero-order valence-electron chi connectivity index (χ0n) is 6.96. The van der Waals surface area contributed by atoms with E-state index < -0.39 is 0 Å². The molecule has 65 valence electrons. The van der Waals surface area contributed by atoms with Gasteiger partial charge in [0.2, 0.25) is 0 Å². The summed E-state index contributed by atoms with van der Waals surface area (Å²) >= 11 is 0. The minimum Gasteiger partial charge on any atom is -0.288 e. The molecule has 1 aromatic carbocycles. The van der Waals surface area contributed by atoms with Gasteiger partial charge in [0.05, 0.1) is 11.1 Å². The van der Waals surface area contributed by atoms with Crippen LogP contribution in [-0.4, -0.2) is 11.8 Å². The summed E-state index contributed by atoms with van der Waals surface area (Å²) in [6.07, 6.45) is 0.518. The third kappa shape index (κ3) is 1.04. The topological polar surface area (TPSA) is 46.2 Å².